The van der Waals surface area contributed by atoms with Gasteiger partial charge in [-0.25, -0.2) is 0 Å². The van der Waals surface area contributed by atoms with E-state index in [0.717, 1.165) is 62.0 Å². The number of benzene rings is 9. The molecule has 0 N–H and O–H groups in total. The van der Waals surface area contributed by atoms with Crippen LogP contribution in [-0.4, -0.2) is 0 Å². The normalized spacial score (nSPS) is 13.0. The highest BCUT2D eigenvalue weighted by Crippen LogP contribution is 2.63. The third-order valence-electron chi connectivity index (χ3n) is 12.9. The number of alkyl halides is 6. The van der Waals surface area contributed by atoms with Crippen LogP contribution in [-0.2, 0) is 17.8 Å². The van der Waals surface area contributed by atoms with Crippen LogP contribution in [0.15, 0.2) is 194 Å². The molecule has 0 unspecified atom stereocenters. The second-order valence-electron chi connectivity index (χ2n) is 16.5. The first-order valence-corrected chi connectivity index (χ1v) is 21.3. The maximum absolute atomic E-state index is 15.0. The van der Waals surface area contributed by atoms with Gasteiger partial charge in [0.15, 0.2) is 0 Å². The Morgan fingerprint density at radius 2 is 0.836 bits per heavy atom. The summed E-state index contributed by atoms with van der Waals surface area (Å²) in [7, 11) is 0. The van der Waals surface area contributed by atoms with Gasteiger partial charge in [0, 0.05) is 22.4 Å². The van der Waals surface area contributed by atoms with Gasteiger partial charge < -0.3 is 9.80 Å². The van der Waals surface area contributed by atoms with E-state index in [4.69, 9.17) is 0 Å². The van der Waals surface area contributed by atoms with Crippen LogP contribution in [0.2, 0.25) is 0 Å². The third kappa shape index (κ3) is 6.29. The third-order valence-corrected chi connectivity index (χ3v) is 12.9. The Labute approximate surface area is 381 Å². The van der Waals surface area contributed by atoms with E-state index in [1.807, 2.05) is 60.7 Å². The lowest BCUT2D eigenvalue weighted by Crippen LogP contribution is -2.32. The number of para-hydroxylation sites is 2. The minimum Gasteiger partial charge on any atom is -0.310 e. The summed E-state index contributed by atoms with van der Waals surface area (Å²) in [6.45, 7) is 0. The maximum atomic E-state index is 15.0. The minimum absolute atomic E-state index is 0.127. The van der Waals surface area contributed by atoms with E-state index < -0.39 is 28.9 Å². The topological polar surface area (TPSA) is 54.1 Å². The van der Waals surface area contributed by atoms with Crippen LogP contribution < -0.4 is 9.80 Å². The average Bonchev–Trinajstić information content (AvgIpc) is 3.64. The molecule has 0 saturated carbocycles. The fraction of sp³-hybridized carbons (Fsp3) is 0.0526. The van der Waals surface area contributed by atoms with Crippen molar-refractivity contribution in [2.45, 2.75) is 17.8 Å². The summed E-state index contributed by atoms with van der Waals surface area (Å²) in [5, 5.41) is 21.3. The number of halogens is 6. The fourth-order valence-electron chi connectivity index (χ4n) is 10.4. The van der Waals surface area contributed by atoms with Gasteiger partial charge in [-0.3, -0.25) is 0 Å². The SMILES string of the molecule is N#Cc1cccc(N(c2ccc3c(c2)C2(c4ccccc4-c4ccccc42)c2cccc4c(N(c5cccc(C#N)c5)c5ccccc5C(F)(F)F)ccc-3c24)c2ccccc2C(F)(F)F)c1. The summed E-state index contributed by atoms with van der Waals surface area (Å²) in [5.74, 6) is 0. The predicted molar refractivity (Wildman–Crippen MR) is 249 cm³/mol. The largest absolute Gasteiger partial charge is 0.418 e. The van der Waals surface area contributed by atoms with Crippen LogP contribution in [0.1, 0.15) is 44.5 Å². The van der Waals surface area contributed by atoms with E-state index in [1.165, 1.54) is 29.2 Å². The van der Waals surface area contributed by atoms with Gasteiger partial charge in [0.1, 0.15) is 0 Å². The molecule has 0 aliphatic heterocycles. The molecule has 0 amide bonds. The molecule has 0 aromatic heterocycles. The highest BCUT2D eigenvalue weighted by atomic mass is 19.4. The van der Waals surface area contributed by atoms with Crippen molar-refractivity contribution in [1.29, 1.82) is 10.5 Å². The zero-order valence-electron chi connectivity index (χ0n) is 35.0. The summed E-state index contributed by atoms with van der Waals surface area (Å²) in [5.41, 5.74) is 5.92. The van der Waals surface area contributed by atoms with Gasteiger partial charge in [0.2, 0.25) is 0 Å². The van der Waals surface area contributed by atoms with E-state index in [9.17, 15) is 23.7 Å². The molecule has 322 valence electrons. The zero-order chi connectivity index (χ0) is 46.2. The molecule has 9 aromatic carbocycles. The van der Waals surface area contributed by atoms with Crippen molar-refractivity contribution in [3.8, 4) is 34.4 Å². The molecule has 0 fully saturated rings. The predicted octanol–water partition coefficient (Wildman–Crippen LogP) is 15.9. The smallest absolute Gasteiger partial charge is 0.310 e. The summed E-state index contributed by atoms with van der Waals surface area (Å²) in [4.78, 5) is 3.09. The second-order valence-corrected chi connectivity index (χ2v) is 16.5. The lowest BCUT2D eigenvalue weighted by atomic mass is 9.61. The van der Waals surface area contributed by atoms with E-state index in [1.54, 1.807) is 77.7 Å². The summed E-state index contributed by atoms with van der Waals surface area (Å²) >= 11 is 0. The first-order valence-electron chi connectivity index (χ1n) is 21.3. The van der Waals surface area contributed by atoms with Crippen molar-refractivity contribution in [2.24, 2.45) is 0 Å². The Hall–Kier alpha value is -8.60. The van der Waals surface area contributed by atoms with Gasteiger partial charge in [0.25, 0.3) is 0 Å². The minimum atomic E-state index is -4.73. The highest BCUT2D eigenvalue weighted by molar-refractivity contribution is 6.13. The molecule has 2 aliphatic carbocycles. The lowest BCUT2D eigenvalue weighted by molar-refractivity contribution is -0.137. The average molecular weight is 887 g/mol. The molecule has 10 heteroatoms. The summed E-state index contributed by atoms with van der Waals surface area (Å²) < 4.78 is 90.0. The van der Waals surface area contributed by atoms with Crippen LogP contribution in [0.5, 0.6) is 0 Å². The number of fused-ring (bicyclic) bond motifs is 9. The molecule has 0 saturated heterocycles. The number of nitriles is 2. The van der Waals surface area contributed by atoms with Crippen molar-refractivity contribution < 1.29 is 26.3 Å². The quantitative estimate of drug-likeness (QED) is 0.156. The van der Waals surface area contributed by atoms with E-state index in [0.29, 0.717) is 28.1 Å². The van der Waals surface area contributed by atoms with Crippen molar-refractivity contribution in [2.75, 3.05) is 9.80 Å². The van der Waals surface area contributed by atoms with Crippen LogP contribution in [0.3, 0.4) is 0 Å². The van der Waals surface area contributed by atoms with Crippen LogP contribution in [0.25, 0.3) is 33.0 Å². The molecule has 2 aliphatic rings. The van der Waals surface area contributed by atoms with Gasteiger partial charge in [-0.1, -0.05) is 115 Å². The molecule has 0 radical (unpaired) electrons. The van der Waals surface area contributed by atoms with Crippen LogP contribution in [0, 0.1) is 22.7 Å². The van der Waals surface area contributed by atoms with Gasteiger partial charge in [0.05, 0.1) is 56.9 Å². The van der Waals surface area contributed by atoms with Crippen LogP contribution >= 0.6 is 0 Å². The lowest BCUT2D eigenvalue weighted by Gasteiger charge is -2.41. The molecule has 0 bridgehead atoms. The Morgan fingerprint density at radius 1 is 0.373 bits per heavy atom. The Balaban J connectivity index is 1.26. The van der Waals surface area contributed by atoms with Crippen molar-refractivity contribution in [3.05, 3.63) is 239 Å². The van der Waals surface area contributed by atoms with Gasteiger partial charge in [-0.05, 0) is 129 Å². The highest BCUT2D eigenvalue weighted by Gasteiger charge is 2.51. The molecule has 4 nitrogen and oxygen atoms in total. The molecule has 9 aromatic rings. The van der Waals surface area contributed by atoms with E-state index in [2.05, 4.69) is 36.4 Å². The summed E-state index contributed by atoms with van der Waals surface area (Å²) in [6, 6.07) is 59.2. The standard InChI is InChI=1S/C57H32F6N4/c58-56(59,60)47-21-5-7-24-52(47)66(37-14-9-12-35(30-37)33-64)39-26-27-42-43-28-29-51(67(38-15-10-13-36(31-38)34-65)53-25-8-6-22-48(53)57(61,62)63)44-18-11-23-49(54(43)44)55(50(42)32-39)45-19-3-1-16-40(45)41-17-2-4-20-46(41)55/h1-32H. The first kappa shape index (κ1) is 41.1. The second kappa shape index (κ2) is 15.3. The van der Waals surface area contributed by atoms with Crippen molar-refractivity contribution in [3.63, 3.8) is 0 Å². The number of anilines is 6. The Morgan fingerprint density at radius 3 is 1.42 bits per heavy atom. The summed E-state index contributed by atoms with van der Waals surface area (Å²) in [6.07, 6.45) is -9.45. The molecular weight excluding hydrogens is 855 g/mol. The van der Waals surface area contributed by atoms with Crippen molar-refractivity contribution in [1.82, 2.24) is 0 Å². The zero-order valence-corrected chi connectivity index (χ0v) is 35.0. The fourth-order valence-corrected chi connectivity index (χ4v) is 10.4. The van der Waals surface area contributed by atoms with Crippen LogP contribution in [0.4, 0.5) is 60.5 Å². The number of nitrogens with zero attached hydrogens (tertiary/aromatic N) is 4. The number of rotatable bonds is 6. The number of hydrogen-bond acceptors (Lipinski definition) is 4. The van der Waals surface area contributed by atoms with Gasteiger partial charge in [-0.2, -0.15) is 36.9 Å². The van der Waals surface area contributed by atoms with Crippen molar-refractivity contribution >= 4 is 44.9 Å². The molecule has 67 heavy (non-hydrogen) atoms. The molecule has 1 spiro atoms. The maximum Gasteiger partial charge on any atom is 0.418 e. The Kier molecular flexibility index (Phi) is 9.36. The van der Waals surface area contributed by atoms with Gasteiger partial charge in [-0.15, -0.1) is 0 Å². The molecule has 0 heterocycles. The van der Waals surface area contributed by atoms with E-state index in [-0.39, 0.29) is 22.5 Å². The number of hydrogen-bond donors (Lipinski definition) is 0. The van der Waals surface area contributed by atoms with Gasteiger partial charge >= 0.3 is 12.4 Å². The monoisotopic (exact) mass is 886 g/mol. The first-order chi connectivity index (χ1) is 32.4. The molecule has 11 rings (SSSR count). The Bertz CT molecular complexity index is 3530. The van der Waals surface area contributed by atoms with E-state index >= 15 is 13.2 Å². The molecular formula is C57H32F6N4. The molecule has 0 atom stereocenters.